The summed E-state index contributed by atoms with van der Waals surface area (Å²) in [4.78, 5) is 30.4. The monoisotopic (exact) mass is 367 g/mol. The Hall–Kier alpha value is -2.89. The third-order valence-electron chi connectivity index (χ3n) is 4.98. The average Bonchev–Trinajstić information content (AvgIpc) is 3.23. The maximum Gasteiger partial charge on any atom is 0.290 e. The fourth-order valence-corrected chi connectivity index (χ4v) is 3.50. The van der Waals surface area contributed by atoms with Crippen LogP contribution in [0.2, 0.25) is 0 Å². The largest absolute Gasteiger partial charge is 0.503 e. The fourth-order valence-electron chi connectivity index (χ4n) is 3.50. The van der Waals surface area contributed by atoms with Gasteiger partial charge in [-0.2, -0.15) is 0 Å². The van der Waals surface area contributed by atoms with Crippen LogP contribution < -0.4 is 0 Å². The van der Waals surface area contributed by atoms with E-state index in [-0.39, 0.29) is 11.4 Å². The van der Waals surface area contributed by atoms with Crippen LogP contribution in [0.3, 0.4) is 0 Å². The first-order chi connectivity index (χ1) is 12.9. The summed E-state index contributed by atoms with van der Waals surface area (Å²) in [6.07, 6.45) is 6.00. The second-order valence-electron chi connectivity index (χ2n) is 7.19. The summed E-state index contributed by atoms with van der Waals surface area (Å²) in [6.45, 7) is 6.77. The van der Waals surface area contributed by atoms with Crippen LogP contribution in [0.1, 0.15) is 50.3 Å². The number of amides is 1. The van der Waals surface area contributed by atoms with Gasteiger partial charge in [0.2, 0.25) is 0 Å². The van der Waals surface area contributed by atoms with Gasteiger partial charge in [0.1, 0.15) is 0 Å². The third-order valence-corrected chi connectivity index (χ3v) is 4.98. The number of hydrogen-bond acceptors (Lipinski definition) is 4. The molecule has 0 fully saturated rings. The Morgan fingerprint density at radius 1 is 1.22 bits per heavy atom. The zero-order valence-corrected chi connectivity index (χ0v) is 15.9. The van der Waals surface area contributed by atoms with E-state index in [1.54, 1.807) is 17.4 Å². The number of aromatic nitrogens is 2. The van der Waals surface area contributed by atoms with E-state index in [0.717, 1.165) is 5.56 Å². The molecule has 3 rings (SSSR count). The van der Waals surface area contributed by atoms with Crippen molar-refractivity contribution >= 4 is 11.7 Å². The minimum absolute atomic E-state index is 0.180. The molecular weight excluding hydrogens is 342 g/mol. The van der Waals surface area contributed by atoms with Crippen molar-refractivity contribution in [3.8, 4) is 0 Å². The first kappa shape index (κ1) is 18.9. The molecule has 2 aromatic rings. The van der Waals surface area contributed by atoms with E-state index < -0.39 is 17.7 Å². The molecule has 0 saturated heterocycles. The van der Waals surface area contributed by atoms with Crippen molar-refractivity contribution in [1.82, 2.24) is 14.5 Å². The summed E-state index contributed by atoms with van der Waals surface area (Å²) in [5, 5.41) is 10.3. The van der Waals surface area contributed by atoms with Gasteiger partial charge >= 0.3 is 0 Å². The number of rotatable bonds is 7. The van der Waals surface area contributed by atoms with Crippen LogP contribution in [0.5, 0.6) is 0 Å². The lowest BCUT2D eigenvalue weighted by Gasteiger charge is -2.27. The molecule has 0 bridgehead atoms. The third kappa shape index (κ3) is 3.79. The normalized spacial score (nSPS) is 17.3. The van der Waals surface area contributed by atoms with Gasteiger partial charge in [0, 0.05) is 25.5 Å². The number of carbonyl (C=O) groups is 2. The van der Waals surface area contributed by atoms with Gasteiger partial charge in [-0.3, -0.25) is 9.59 Å². The summed E-state index contributed by atoms with van der Waals surface area (Å²) in [7, 11) is 0. The van der Waals surface area contributed by atoms with Gasteiger partial charge in [0.25, 0.3) is 5.91 Å². The number of benzene rings is 1. The molecule has 1 aliphatic rings. The molecule has 0 unspecified atom stereocenters. The molecule has 142 valence electrons. The van der Waals surface area contributed by atoms with E-state index in [0.29, 0.717) is 25.4 Å². The number of imidazole rings is 1. The first-order valence-electron chi connectivity index (χ1n) is 9.20. The van der Waals surface area contributed by atoms with Crippen LogP contribution in [0.25, 0.3) is 0 Å². The molecule has 6 heteroatoms. The molecule has 0 aliphatic carbocycles. The molecule has 1 aromatic heterocycles. The Balaban J connectivity index is 1.86. The molecule has 1 amide bonds. The molecule has 0 radical (unpaired) electrons. The van der Waals surface area contributed by atoms with E-state index in [4.69, 9.17) is 0 Å². The molecule has 2 heterocycles. The highest BCUT2D eigenvalue weighted by atomic mass is 16.3. The second-order valence-corrected chi connectivity index (χ2v) is 7.19. The van der Waals surface area contributed by atoms with Gasteiger partial charge in [-0.05, 0) is 30.4 Å². The Kier molecular flexibility index (Phi) is 5.44. The zero-order valence-electron chi connectivity index (χ0n) is 15.9. The molecule has 0 spiro atoms. The number of aliphatic hydroxyl groups is 1. The highest BCUT2D eigenvalue weighted by molar-refractivity contribution is 6.08. The summed E-state index contributed by atoms with van der Waals surface area (Å²) in [6, 6.07) is 7.37. The number of ketones is 1. The average molecular weight is 367 g/mol. The van der Waals surface area contributed by atoms with Crippen LogP contribution in [-0.2, 0) is 16.1 Å². The Morgan fingerprint density at radius 3 is 2.48 bits per heavy atom. The van der Waals surface area contributed by atoms with E-state index in [1.165, 1.54) is 12.5 Å². The summed E-state index contributed by atoms with van der Waals surface area (Å²) in [5.41, 5.74) is 2.21. The van der Waals surface area contributed by atoms with E-state index >= 15 is 0 Å². The number of nitrogens with zero attached hydrogens (tertiary/aromatic N) is 3. The fraction of sp³-hybridized carbons (Fsp3) is 0.381. The highest BCUT2D eigenvalue weighted by Gasteiger charge is 2.41. The van der Waals surface area contributed by atoms with Crippen molar-refractivity contribution in [3.05, 3.63) is 65.4 Å². The summed E-state index contributed by atoms with van der Waals surface area (Å²) < 4.78 is 1.94. The lowest BCUT2D eigenvalue weighted by Crippen LogP contribution is -2.32. The van der Waals surface area contributed by atoms with Crippen molar-refractivity contribution in [3.63, 3.8) is 0 Å². The molecule has 1 aliphatic heterocycles. The van der Waals surface area contributed by atoms with Gasteiger partial charge in [-0.1, -0.05) is 38.1 Å². The van der Waals surface area contributed by atoms with Crippen molar-refractivity contribution in [2.24, 2.45) is 0 Å². The maximum absolute atomic E-state index is 12.6. The van der Waals surface area contributed by atoms with E-state index in [1.807, 2.05) is 35.0 Å². The predicted octanol–water partition coefficient (Wildman–Crippen LogP) is 3.38. The summed E-state index contributed by atoms with van der Waals surface area (Å²) in [5.74, 6) is -0.797. The Bertz CT molecular complexity index is 851. The topological polar surface area (TPSA) is 75.4 Å². The van der Waals surface area contributed by atoms with E-state index in [2.05, 4.69) is 18.8 Å². The summed E-state index contributed by atoms with van der Waals surface area (Å²) >= 11 is 0. The van der Waals surface area contributed by atoms with Crippen molar-refractivity contribution < 1.29 is 14.7 Å². The van der Waals surface area contributed by atoms with Crippen molar-refractivity contribution in [2.45, 2.75) is 45.7 Å². The quantitative estimate of drug-likeness (QED) is 0.814. The first-order valence-corrected chi connectivity index (χ1v) is 9.20. The molecule has 0 saturated carbocycles. The molecule has 1 aromatic carbocycles. The number of Topliss-reactive ketones (excluding diaryl/α,β-unsaturated/α-hetero) is 1. The molecular formula is C21H25N3O3. The second kappa shape index (κ2) is 7.78. The predicted molar refractivity (Wildman–Crippen MR) is 102 cm³/mol. The Labute approximate surface area is 159 Å². The minimum atomic E-state index is -0.543. The van der Waals surface area contributed by atoms with Crippen molar-refractivity contribution in [1.29, 1.82) is 0 Å². The van der Waals surface area contributed by atoms with Crippen LogP contribution in [0.15, 0.2) is 54.3 Å². The van der Waals surface area contributed by atoms with Gasteiger partial charge in [-0.15, -0.1) is 0 Å². The van der Waals surface area contributed by atoms with Crippen LogP contribution >= 0.6 is 0 Å². The van der Waals surface area contributed by atoms with Crippen LogP contribution in [-0.4, -0.2) is 37.8 Å². The molecule has 6 nitrogen and oxygen atoms in total. The molecule has 1 N–H and O–H groups in total. The number of carbonyl (C=O) groups excluding carboxylic acids is 2. The number of aliphatic hydroxyl groups excluding tert-OH is 1. The van der Waals surface area contributed by atoms with Gasteiger partial charge in [-0.25, -0.2) is 4.98 Å². The van der Waals surface area contributed by atoms with E-state index in [9.17, 15) is 14.7 Å². The van der Waals surface area contributed by atoms with Gasteiger partial charge < -0.3 is 14.6 Å². The van der Waals surface area contributed by atoms with Crippen LogP contribution in [0.4, 0.5) is 0 Å². The van der Waals surface area contributed by atoms with Gasteiger partial charge in [0.15, 0.2) is 11.5 Å². The highest BCUT2D eigenvalue weighted by Crippen LogP contribution is 2.38. The molecule has 1 atom stereocenters. The SMILES string of the molecule is CC(=O)C1=C(O)C(=O)N(CCCn2ccnc2)[C@@H]1c1ccc(C(C)C)cc1. The maximum atomic E-state index is 12.6. The lowest BCUT2D eigenvalue weighted by atomic mass is 9.94. The van der Waals surface area contributed by atoms with Crippen LogP contribution in [0, 0.1) is 0 Å². The van der Waals surface area contributed by atoms with Gasteiger partial charge in [0.05, 0.1) is 17.9 Å². The van der Waals surface area contributed by atoms with Crippen molar-refractivity contribution in [2.75, 3.05) is 6.54 Å². The lowest BCUT2D eigenvalue weighted by molar-refractivity contribution is -0.129. The Morgan fingerprint density at radius 2 is 1.93 bits per heavy atom. The number of aryl methyl sites for hydroxylation is 1. The number of hydrogen-bond donors (Lipinski definition) is 1. The molecule has 27 heavy (non-hydrogen) atoms. The minimum Gasteiger partial charge on any atom is -0.503 e. The smallest absolute Gasteiger partial charge is 0.290 e. The standard InChI is InChI=1S/C21H25N3O3/c1-14(2)16-5-7-17(8-6-16)19-18(15(3)25)20(26)21(27)24(19)11-4-10-23-12-9-22-13-23/h5-9,12-14,19,26H,4,10-11H2,1-3H3/t19-/m1/s1. The zero-order chi connectivity index (χ0) is 19.6.